The van der Waals surface area contributed by atoms with Crippen LogP contribution in [-0.4, -0.2) is 3.21 Å². The van der Waals surface area contributed by atoms with Gasteiger partial charge in [-0.25, -0.2) is 0 Å². The summed E-state index contributed by atoms with van der Waals surface area (Å²) in [5, 5.41) is 0. The molecule has 0 unspecified atom stereocenters. The fourth-order valence-electron chi connectivity index (χ4n) is 3.25. The van der Waals surface area contributed by atoms with Gasteiger partial charge in [-0.15, -0.1) is 11.1 Å². The summed E-state index contributed by atoms with van der Waals surface area (Å²) in [6.45, 7) is 6.47. The Kier molecular flexibility index (Phi) is 8.75. The molecule has 0 saturated carbocycles. The van der Waals surface area contributed by atoms with Crippen molar-refractivity contribution in [1.82, 2.24) is 0 Å². The number of halogens is 2. The fourth-order valence-corrected chi connectivity index (χ4v) is 3.25. The summed E-state index contributed by atoms with van der Waals surface area (Å²) in [5.41, 5.74) is 8.29. The Morgan fingerprint density at radius 2 is 1.68 bits per heavy atom. The second kappa shape index (κ2) is 9.81. The molecule has 0 fully saturated rings. The molecular formula is C22H21Cl2Zr-. The van der Waals surface area contributed by atoms with Crippen molar-refractivity contribution in [2.24, 2.45) is 0 Å². The molecule has 0 aromatic heterocycles. The molecule has 25 heavy (non-hydrogen) atoms. The molecule has 0 nitrogen and oxygen atoms in total. The molecule has 0 saturated heterocycles. The molecule has 0 radical (unpaired) electrons. The van der Waals surface area contributed by atoms with Crippen LogP contribution in [0.25, 0.3) is 11.1 Å². The molecule has 128 valence electrons. The van der Waals surface area contributed by atoms with Crippen molar-refractivity contribution in [3.05, 3.63) is 83.0 Å². The van der Waals surface area contributed by atoms with Crippen LogP contribution in [0.4, 0.5) is 0 Å². The van der Waals surface area contributed by atoms with E-state index in [0.29, 0.717) is 5.92 Å². The average molecular weight is 448 g/mol. The van der Waals surface area contributed by atoms with E-state index in [1.54, 1.807) is 24.2 Å². The molecule has 0 spiro atoms. The molecule has 2 aliphatic carbocycles. The third kappa shape index (κ3) is 5.13. The third-order valence-electron chi connectivity index (χ3n) is 4.12. The zero-order valence-corrected chi connectivity index (χ0v) is 18.7. The molecule has 4 rings (SSSR count). The van der Waals surface area contributed by atoms with Crippen LogP contribution in [0, 0.1) is 13.0 Å². The van der Waals surface area contributed by atoms with Crippen LogP contribution in [0.2, 0.25) is 0 Å². The van der Waals surface area contributed by atoms with Gasteiger partial charge in [0.15, 0.2) is 0 Å². The van der Waals surface area contributed by atoms with Crippen LogP contribution < -0.4 is 24.8 Å². The van der Waals surface area contributed by atoms with E-state index < -0.39 is 0 Å². The maximum absolute atomic E-state index is 3.65. The quantitative estimate of drug-likeness (QED) is 0.434. The number of benzene rings is 2. The second-order valence-corrected chi connectivity index (χ2v) is 8.85. The summed E-state index contributed by atoms with van der Waals surface area (Å²) >= 11 is 1.55. The maximum atomic E-state index is 3.65. The number of allylic oxidation sites excluding steroid dienone is 4. The minimum absolute atomic E-state index is 0. The number of rotatable bonds is 1. The van der Waals surface area contributed by atoms with Gasteiger partial charge in [0.25, 0.3) is 0 Å². The molecule has 0 N–H and O–H groups in total. The van der Waals surface area contributed by atoms with Gasteiger partial charge in [-0.05, 0) is 12.3 Å². The van der Waals surface area contributed by atoms with Gasteiger partial charge in [-0.1, -0.05) is 66.6 Å². The Labute approximate surface area is 178 Å². The average Bonchev–Trinajstić information content (AvgIpc) is 3.14. The minimum Gasteiger partial charge on any atom is -1.00 e. The Morgan fingerprint density at radius 3 is 2.32 bits per heavy atom. The second-order valence-electron chi connectivity index (χ2n) is 6.39. The molecule has 0 aliphatic heterocycles. The Balaban J connectivity index is 0.000000476. The predicted octanol–water partition coefficient (Wildman–Crippen LogP) is -0.671. The largest absolute Gasteiger partial charge is 1.00 e. The summed E-state index contributed by atoms with van der Waals surface area (Å²) in [7, 11) is 0. The first-order chi connectivity index (χ1) is 11.1. The van der Waals surface area contributed by atoms with Crippen molar-refractivity contribution in [3.63, 3.8) is 0 Å². The first kappa shape index (κ1) is 22.3. The zero-order valence-electron chi connectivity index (χ0n) is 14.7. The van der Waals surface area contributed by atoms with Gasteiger partial charge in [0.1, 0.15) is 0 Å². The van der Waals surface area contributed by atoms with Crippen LogP contribution in [0.15, 0.2) is 54.6 Å². The number of fused-ring (bicyclic) bond motifs is 3. The van der Waals surface area contributed by atoms with Crippen LogP contribution in [-0.2, 0) is 30.7 Å². The predicted molar refractivity (Wildman–Crippen MR) is 95.6 cm³/mol. The topological polar surface area (TPSA) is 0 Å². The normalized spacial score (nSPS) is 13.2. The van der Waals surface area contributed by atoms with E-state index in [0.717, 1.165) is 6.42 Å². The molecule has 0 heterocycles. The van der Waals surface area contributed by atoms with E-state index in [1.165, 1.54) is 36.6 Å². The van der Waals surface area contributed by atoms with E-state index in [9.17, 15) is 0 Å². The monoisotopic (exact) mass is 445 g/mol. The van der Waals surface area contributed by atoms with E-state index in [-0.39, 0.29) is 24.8 Å². The van der Waals surface area contributed by atoms with E-state index >= 15 is 0 Å². The van der Waals surface area contributed by atoms with Gasteiger partial charge >= 0.3 is 41.3 Å². The SMILES string of the molecule is C[C](C)=[Zr+2].Cc1cc(C2C=CC=C2)[c-]c2c1-c1ccccc1C2.[Cl-].[Cl-]. The van der Waals surface area contributed by atoms with E-state index in [2.05, 4.69) is 81.5 Å². The Morgan fingerprint density at radius 1 is 1.08 bits per heavy atom. The maximum Gasteiger partial charge on any atom is -0.00216 e. The van der Waals surface area contributed by atoms with Gasteiger partial charge in [-0.3, -0.25) is 0 Å². The Bertz CT molecular complexity index is 803. The first-order valence-electron chi connectivity index (χ1n) is 8.07. The molecule has 2 aromatic carbocycles. The van der Waals surface area contributed by atoms with Crippen molar-refractivity contribution in [2.45, 2.75) is 33.1 Å². The molecule has 3 heteroatoms. The summed E-state index contributed by atoms with van der Waals surface area (Å²) < 4.78 is 1.51. The van der Waals surface area contributed by atoms with Gasteiger partial charge < -0.3 is 24.8 Å². The molecule has 0 atom stereocenters. The van der Waals surface area contributed by atoms with Gasteiger partial charge in [0, 0.05) is 0 Å². The summed E-state index contributed by atoms with van der Waals surface area (Å²) in [6.07, 6.45) is 9.74. The van der Waals surface area contributed by atoms with Crippen molar-refractivity contribution >= 4 is 3.21 Å². The molecule has 0 amide bonds. The first-order valence-corrected chi connectivity index (χ1v) is 9.30. The summed E-state index contributed by atoms with van der Waals surface area (Å²) in [6, 6.07) is 14.7. The van der Waals surface area contributed by atoms with E-state index in [1.807, 2.05) is 0 Å². The zero-order chi connectivity index (χ0) is 16.4. The standard InChI is InChI=1S/C19H15.C3H6.2ClH.Zr/c1-13-10-16(14-6-2-3-7-14)12-17-11-15-8-4-5-9-18(15)19(13)17;1-3-2;;;/h2-10,14H,11H2,1H3;1-2H3;2*1H;/q-1;;;;+2/p-2. The molecule has 2 aliphatic rings. The van der Waals surface area contributed by atoms with Crippen LogP contribution in [0.1, 0.15) is 42.0 Å². The van der Waals surface area contributed by atoms with E-state index in [4.69, 9.17) is 0 Å². The smallest absolute Gasteiger partial charge is 0.00216 e. The summed E-state index contributed by atoms with van der Waals surface area (Å²) in [4.78, 5) is 0. The minimum atomic E-state index is 0. The third-order valence-corrected chi connectivity index (χ3v) is 4.12. The van der Waals surface area contributed by atoms with Crippen LogP contribution in [0.3, 0.4) is 0 Å². The molecule has 2 aromatic rings. The summed E-state index contributed by atoms with van der Waals surface area (Å²) in [5.74, 6) is 0.410. The van der Waals surface area contributed by atoms with Crippen molar-refractivity contribution in [2.75, 3.05) is 0 Å². The number of hydrogen-bond acceptors (Lipinski definition) is 0. The fraction of sp³-hybridized carbons (Fsp3) is 0.227. The van der Waals surface area contributed by atoms with Crippen molar-refractivity contribution in [3.8, 4) is 11.1 Å². The Hall–Kier alpha value is -0.747. The molecule has 0 bridgehead atoms. The van der Waals surface area contributed by atoms with Crippen molar-refractivity contribution in [1.29, 1.82) is 0 Å². The molecular weight excluding hydrogens is 426 g/mol. The number of aryl methyl sites for hydroxylation is 1. The van der Waals surface area contributed by atoms with Crippen LogP contribution in [0.5, 0.6) is 0 Å². The van der Waals surface area contributed by atoms with Gasteiger partial charge in [-0.2, -0.15) is 23.3 Å². The van der Waals surface area contributed by atoms with Crippen molar-refractivity contribution < 1.29 is 49.0 Å². The van der Waals surface area contributed by atoms with Gasteiger partial charge in [0.2, 0.25) is 0 Å². The van der Waals surface area contributed by atoms with Gasteiger partial charge in [0.05, 0.1) is 0 Å². The van der Waals surface area contributed by atoms with Crippen LogP contribution >= 0.6 is 0 Å². The number of hydrogen-bond donors (Lipinski definition) is 0.